The first kappa shape index (κ1) is 22.1. The number of hydrogen-bond acceptors (Lipinski definition) is 5. The number of alkyl halides is 3. The fourth-order valence-electron chi connectivity index (χ4n) is 2.70. The Bertz CT molecular complexity index is 1010. The quantitative estimate of drug-likeness (QED) is 0.536. The van der Waals surface area contributed by atoms with Gasteiger partial charge in [-0.1, -0.05) is 6.07 Å². The van der Waals surface area contributed by atoms with Gasteiger partial charge in [0, 0.05) is 17.2 Å². The monoisotopic (exact) mass is 431 g/mol. The van der Waals surface area contributed by atoms with Crippen molar-refractivity contribution in [1.82, 2.24) is 15.5 Å². The summed E-state index contributed by atoms with van der Waals surface area (Å²) in [6.45, 7) is 2.68. The molecule has 0 saturated heterocycles. The summed E-state index contributed by atoms with van der Waals surface area (Å²) in [6.07, 6.45) is -4.50. The highest BCUT2D eigenvalue weighted by Crippen LogP contribution is 2.29. The van der Waals surface area contributed by atoms with Crippen molar-refractivity contribution in [3.63, 3.8) is 0 Å². The number of carbonyl (C=O) groups is 1. The molecular formula is C22H20F3N3O3. The number of benzene rings is 2. The van der Waals surface area contributed by atoms with Crippen LogP contribution in [-0.2, 0) is 6.18 Å². The SMILES string of the molecule is CCOc1ccc(-c2ccc(OCCNC(=O)c3cccc(C(F)(F)F)c3)nn2)cc1. The van der Waals surface area contributed by atoms with E-state index in [1.165, 1.54) is 12.1 Å². The summed E-state index contributed by atoms with van der Waals surface area (Å²) >= 11 is 0. The molecule has 2 aromatic carbocycles. The molecule has 0 aliphatic rings. The first-order valence-corrected chi connectivity index (χ1v) is 9.52. The predicted octanol–water partition coefficient (Wildman–Crippen LogP) is 4.37. The number of amides is 1. The Hall–Kier alpha value is -3.62. The molecule has 0 radical (unpaired) electrons. The van der Waals surface area contributed by atoms with Crippen LogP contribution in [0.4, 0.5) is 13.2 Å². The minimum atomic E-state index is -4.50. The zero-order valence-corrected chi connectivity index (χ0v) is 16.6. The normalized spacial score (nSPS) is 11.1. The molecule has 1 heterocycles. The summed E-state index contributed by atoms with van der Waals surface area (Å²) in [7, 11) is 0. The van der Waals surface area contributed by atoms with Gasteiger partial charge in [0.1, 0.15) is 12.4 Å². The van der Waals surface area contributed by atoms with Gasteiger partial charge in [-0.25, -0.2) is 0 Å². The molecular weight excluding hydrogens is 411 g/mol. The lowest BCUT2D eigenvalue weighted by Crippen LogP contribution is -2.28. The summed E-state index contributed by atoms with van der Waals surface area (Å²) in [6, 6.07) is 15.1. The summed E-state index contributed by atoms with van der Waals surface area (Å²) in [5.41, 5.74) is 0.581. The van der Waals surface area contributed by atoms with Gasteiger partial charge in [0.05, 0.1) is 24.4 Å². The second kappa shape index (κ2) is 9.92. The first-order chi connectivity index (χ1) is 14.9. The molecule has 0 saturated carbocycles. The smallest absolute Gasteiger partial charge is 0.416 e. The van der Waals surface area contributed by atoms with Crippen LogP contribution in [0.15, 0.2) is 60.7 Å². The fraction of sp³-hybridized carbons (Fsp3) is 0.227. The lowest BCUT2D eigenvalue weighted by atomic mass is 10.1. The van der Waals surface area contributed by atoms with E-state index in [4.69, 9.17) is 9.47 Å². The van der Waals surface area contributed by atoms with Crippen molar-refractivity contribution < 1.29 is 27.4 Å². The standard InChI is InChI=1S/C22H20F3N3O3/c1-2-30-18-8-6-15(7-9-18)19-10-11-20(28-27-19)31-13-12-26-21(29)16-4-3-5-17(14-16)22(23,24)25/h3-11,14H,2,12-13H2,1H3,(H,26,29). The topological polar surface area (TPSA) is 73.3 Å². The number of nitrogens with zero attached hydrogens (tertiary/aromatic N) is 2. The van der Waals surface area contributed by atoms with E-state index in [0.29, 0.717) is 12.3 Å². The summed E-state index contributed by atoms with van der Waals surface area (Å²) < 4.78 is 49.0. The second-order valence-electron chi connectivity index (χ2n) is 6.40. The maximum atomic E-state index is 12.7. The Morgan fingerprint density at radius 2 is 1.77 bits per heavy atom. The van der Waals surface area contributed by atoms with E-state index in [1.54, 1.807) is 12.1 Å². The molecule has 0 aliphatic carbocycles. The van der Waals surface area contributed by atoms with Crippen LogP contribution in [-0.4, -0.2) is 35.9 Å². The van der Waals surface area contributed by atoms with Crippen molar-refractivity contribution in [1.29, 1.82) is 0 Å². The van der Waals surface area contributed by atoms with Crippen LogP contribution in [0.5, 0.6) is 11.6 Å². The largest absolute Gasteiger partial charge is 0.494 e. The van der Waals surface area contributed by atoms with Crippen LogP contribution in [0, 0.1) is 0 Å². The zero-order chi connectivity index (χ0) is 22.3. The highest BCUT2D eigenvalue weighted by molar-refractivity contribution is 5.94. The molecule has 9 heteroatoms. The third-order valence-electron chi connectivity index (χ3n) is 4.19. The lowest BCUT2D eigenvalue weighted by molar-refractivity contribution is -0.137. The highest BCUT2D eigenvalue weighted by atomic mass is 19.4. The van der Waals surface area contributed by atoms with E-state index in [2.05, 4.69) is 15.5 Å². The van der Waals surface area contributed by atoms with Crippen molar-refractivity contribution in [2.75, 3.05) is 19.8 Å². The minimum absolute atomic E-state index is 0.0747. The van der Waals surface area contributed by atoms with Crippen LogP contribution < -0.4 is 14.8 Å². The van der Waals surface area contributed by atoms with Gasteiger partial charge in [0.25, 0.3) is 5.91 Å². The highest BCUT2D eigenvalue weighted by Gasteiger charge is 2.30. The fourth-order valence-corrected chi connectivity index (χ4v) is 2.70. The number of hydrogen-bond donors (Lipinski definition) is 1. The van der Waals surface area contributed by atoms with E-state index < -0.39 is 17.6 Å². The average Bonchev–Trinajstić information content (AvgIpc) is 2.77. The maximum absolute atomic E-state index is 12.7. The van der Waals surface area contributed by atoms with Gasteiger partial charge in [0.2, 0.25) is 5.88 Å². The number of rotatable bonds is 8. The Labute approximate surface area is 177 Å². The second-order valence-corrected chi connectivity index (χ2v) is 6.40. The Morgan fingerprint density at radius 1 is 1.00 bits per heavy atom. The van der Waals surface area contributed by atoms with Gasteiger partial charge in [0.15, 0.2) is 0 Å². The number of carbonyl (C=O) groups excluding carboxylic acids is 1. The molecule has 0 aliphatic heterocycles. The van der Waals surface area contributed by atoms with E-state index in [-0.39, 0.29) is 24.6 Å². The Morgan fingerprint density at radius 3 is 2.42 bits per heavy atom. The van der Waals surface area contributed by atoms with Crippen molar-refractivity contribution in [2.24, 2.45) is 0 Å². The van der Waals surface area contributed by atoms with E-state index >= 15 is 0 Å². The zero-order valence-electron chi connectivity index (χ0n) is 16.6. The molecule has 0 unspecified atom stereocenters. The van der Waals surface area contributed by atoms with Crippen LogP contribution >= 0.6 is 0 Å². The molecule has 0 atom stereocenters. The molecule has 0 bridgehead atoms. The molecule has 0 spiro atoms. The van der Waals surface area contributed by atoms with E-state index in [1.807, 2.05) is 31.2 Å². The summed E-state index contributed by atoms with van der Waals surface area (Å²) in [5.74, 6) is 0.418. The van der Waals surface area contributed by atoms with Crippen LogP contribution in [0.3, 0.4) is 0 Å². The van der Waals surface area contributed by atoms with Gasteiger partial charge < -0.3 is 14.8 Å². The molecule has 3 rings (SSSR count). The molecule has 31 heavy (non-hydrogen) atoms. The molecule has 1 amide bonds. The van der Waals surface area contributed by atoms with E-state index in [9.17, 15) is 18.0 Å². The predicted molar refractivity (Wildman–Crippen MR) is 108 cm³/mol. The lowest BCUT2D eigenvalue weighted by Gasteiger charge is -2.10. The third-order valence-corrected chi connectivity index (χ3v) is 4.19. The summed E-state index contributed by atoms with van der Waals surface area (Å²) in [4.78, 5) is 12.0. The molecule has 6 nitrogen and oxygen atoms in total. The van der Waals surface area contributed by atoms with Crippen LogP contribution in [0.1, 0.15) is 22.8 Å². The Balaban J connectivity index is 1.48. The van der Waals surface area contributed by atoms with Gasteiger partial charge in [-0.05, 0) is 55.5 Å². The first-order valence-electron chi connectivity index (χ1n) is 9.52. The maximum Gasteiger partial charge on any atom is 0.416 e. The Kier molecular flexibility index (Phi) is 7.07. The number of nitrogens with one attached hydrogen (secondary N) is 1. The molecule has 0 fully saturated rings. The van der Waals surface area contributed by atoms with Gasteiger partial charge in [-0.3, -0.25) is 4.79 Å². The van der Waals surface area contributed by atoms with E-state index in [0.717, 1.165) is 23.4 Å². The van der Waals surface area contributed by atoms with Gasteiger partial charge >= 0.3 is 6.18 Å². The number of halogens is 3. The van der Waals surface area contributed by atoms with Crippen molar-refractivity contribution in [3.8, 4) is 22.9 Å². The summed E-state index contributed by atoms with van der Waals surface area (Å²) in [5, 5.41) is 10.6. The van der Waals surface area contributed by atoms with Gasteiger partial charge in [-0.15, -0.1) is 10.2 Å². The van der Waals surface area contributed by atoms with Crippen molar-refractivity contribution in [2.45, 2.75) is 13.1 Å². The third kappa shape index (κ3) is 6.18. The van der Waals surface area contributed by atoms with Crippen molar-refractivity contribution in [3.05, 3.63) is 71.8 Å². The molecule has 1 N–H and O–H groups in total. The van der Waals surface area contributed by atoms with Crippen LogP contribution in [0.2, 0.25) is 0 Å². The molecule has 1 aromatic heterocycles. The van der Waals surface area contributed by atoms with Crippen molar-refractivity contribution >= 4 is 5.91 Å². The molecule has 162 valence electrons. The number of aromatic nitrogens is 2. The molecule has 3 aromatic rings. The van der Waals surface area contributed by atoms with Crippen LogP contribution in [0.25, 0.3) is 11.3 Å². The van der Waals surface area contributed by atoms with Gasteiger partial charge in [-0.2, -0.15) is 13.2 Å². The number of ether oxygens (including phenoxy) is 2. The average molecular weight is 431 g/mol. The minimum Gasteiger partial charge on any atom is -0.494 e.